The Morgan fingerprint density at radius 1 is 0.889 bits per heavy atom. The van der Waals surface area contributed by atoms with E-state index in [9.17, 15) is 0 Å². The summed E-state index contributed by atoms with van der Waals surface area (Å²) in [4.78, 5) is 2.72. The smallest absolute Gasteiger partial charge is 0.0555 e. The second-order valence-electron chi connectivity index (χ2n) is 12.8. The molecule has 4 nitrogen and oxygen atoms in total. The Morgan fingerprint density at radius 2 is 1.64 bits per heavy atom. The van der Waals surface area contributed by atoms with Gasteiger partial charge in [0, 0.05) is 38.3 Å². The number of halogens is 3. The highest BCUT2D eigenvalue weighted by molar-refractivity contribution is 5.86. The molecule has 4 aliphatic carbocycles. The summed E-state index contributed by atoms with van der Waals surface area (Å²) in [6.45, 7) is 8.13. The second-order valence-corrected chi connectivity index (χ2v) is 12.8. The third-order valence-corrected chi connectivity index (χ3v) is 10.9. The van der Waals surface area contributed by atoms with Crippen LogP contribution in [0.4, 0.5) is 0 Å². The Balaban J connectivity index is 0.00000152. The van der Waals surface area contributed by atoms with E-state index in [0.717, 1.165) is 73.1 Å². The number of fused-ring (bicyclic) bond motifs is 4. The van der Waals surface area contributed by atoms with Gasteiger partial charge < -0.3 is 20.6 Å². The van der Waals surface area contributed by atoms with E-state index >= 15 is 0 Å². The predicted octanol–water partition coefficient (Wildman–Crippen LogP) is 5.94. The first kappa shape index (κ1) is 32.9. The normalized spacial score (nSPS) is 36.7. The van der Waals surface area contributed by atoms with Crippen LogP contribution in [-0.4, -0.2) is 61.4 Å². The SMILES string of the molecule is CCC(CCC1CC2CCC1C2)NC(C1CCCN(CCNCCO)C1)C1CC2CCC1C2.Cl.Cl.Cl. The molecule has 7 heteroatoms. The number of likely N-dealkylation sites (tertiary alicyclic amines) is 1. The third-order valence-electron chi connectivity index (χ3n) is 10.9. The Bertz CT molecular complexity index is 614. The summed E-state index contributed by atoms with van der Waals surface area (Å²) in [6, 6.07) is 1.48. The molecule has 4 saturated carbocycles. The van der Waals surface area contributed by atoms with Gasteiger partial charge in [-0.3, -0.25) is 0 Å². The van der Waals surface area contributed by atoms with E-state index in [-0.39, 0.29) is 43.8 Å². The first-order valence-electron chi connectivity index (χ1n) is 15.0. The topological polar surface area (TPSA) is 47.5 Å². The fourth-order valence-corrected chi connectivity index (χ4v) is 9.19. The fraction of sp³-hybridized carbons (Fsp3) is 1.00. The van der Waals surface area contributed by atoms with Crippen LogP contribution in [0, 0.1) is 41.4 Å². The molecule has 0 aromatic heterocycles. The Hall–Kier alpha value is 0.710. The van der Waals surface area contributed by atoms with Crippen molar-refractivity contribution in [2.24, 2.45) is 41.4 Å². The molecule has 5 fully saturated rings. The molecule has 36 heavy (non-hydrogen) atoms. The lowest BCUT2D eigenvalue weighted by Crippen LogP contribution is -2.53. The largest absolute Gasteiger partial charge is 0.395 e. The van der Waals surface area contributed by atoms with Crippen molar-refractivity contribution in [2.75, 3.05) is 39.3 Å². The van der Waals surface area contributed by atoms with Crippen LogP contribution in [0.15, 0.2) is 0 Å². The fourth-order valence-electron chi connectivity index (χ4n) is 9.19. The van der Waals surface area contributed by atoms with Crippen molar-refractivity contribution in [3.05, 3.63) is 0 Å². The molecule has 5 rings (SSSR count). The highest BCUT2D eigenvalue weighted by atomic mass is 35.5. The quantitative estimate of drug-likeness (QED) is 0.241. The van der Waals surface area contributed by atoms with Gasteiger partial charge in [-0.25, -0.2) is 0 Å². The molecule has 1 aliphatic heterocycles. The van der Waals surface area contributed by atoms with Crippen LogP contribution >= 0.6 is 37.2 Å². The highest BCUT2D eigenvalue weighted by Crippen LogP contribution is 2.52. The Labute approximate surface area is 240 Å². The molecule has 0 aromatic carbocycles. The van der Waals surface area contributed by atoms with Crippen molar-refractivity contribution in [3.8, 4) is 0 Å². The van der Waals surface area contributed by atoms with Gasteiger partial charge in [-0.15, -0.1) is 37.2 Å². The number of rotatable bonds is 13. The minimum Gasteiger partial charge on any atom is -0.395 e. The summed E-state index contributed by atoms with van der Waals surface area (Å²) in [5, 5.41) is 16.8. The van der Waals surface area contributed by atoms with Crippen LogP contribution in [0.5, 0.6) is 0 Å². The first-order valence-corrected chi connectivity index (χ1v) is 15.0. The van der Waals surface area contributed by atoms with Gasteiger partial charge in [-0.1, -0.05) is 19.8 Å². The van der Waals surface area contributed by atoms with Gasteiger partial charge in [0.25, 0.3) is 0 Å². The molecule has 214 valence electrons. The molecular formula is C29H56Cl3N3O. The minimum absolute atomic E-state index is 0. The summed E-state index contributed by atoms with van der Waals surface area (Å²) < 4.78 is 0. The molecule has 0 spiro atoms. The van der Waals surface area contributed by atoms with E-state index in [4.69, 9.17) is 5.11 Å². The van der Waals surface area contributed by atoms with Crippen molar-refractivity contribution in [1.82, 2.24) is 15.5 Å². The summed E-state index contributed by atoms with van der Waals surface area (Å²) >= 11 is 0. The standard InChI is InChI=1S/C29H53N3O.3ClH/c1-2-27(10-9-24-17-21-5-7-23(24)16-21)31-29(28-19-22-6-8-25(28)18-22)26-4-3-13-32(20-26)14-11-30-12-15-33;;;/h21-31,33H,2-20H2,1H3;3*1H. The lowest BCUT2D eigenvalue weighted by Gasteiger charge is -2.43. The maximum absolute atomic E-state index is 9.06. The van der Waals surface area contributed by atoms with Gasteiger partial charge in [0.2, 0.25) is 0 Å². The van der Waals surface area contributed by atoms with Gasteiger partial charge in [0.1, 0.15) is 0 Å². The molecule has 1 heterocycles. The molecule has 9 unspecified atom stereocenters. The number of nitrogens with one attached hydrogen (secondary N) is 2. The van der Waals surface area contributed by atoms with Crippen LogP contribution in [-0.2, 0) is 0 Å². The van der Waals surface area contributed by atoms with Gasteiger partial charge >= 0.3 is 0 Å². The lowest BCUT2D eigenvalue weighted by molar-refractivity contribution is 0.0958. The minimum atomic E-state index is 0. The highest BCUT2D eigenvalue weighted by Gasteiger charge is 2.46. The molecular weight excluding hydrogens is 513 g/mol. The van der Waals surface area contributed by atoms with Crippen molar-refractivity contribution >= 4 is 37.2 Å². The first-order chi connectivity index (χ1) is 16.2. The number of aliphatic hydroxyl groups excluding tert-OH is 1. The number of hydrogen-bond donors (Lipinski definition) is 3. The Kier molecular flexibility index (Phi) is 14.7. The van der Waals surface area contributed by atoms with Crippen LogP contribution in [0.25, 0.3) is 0 Å². The number of hydrogen-bond acceptors (Lipinski definition) is 4. The number of piperidine rings is 1. The number of nitrogens with zero attached hydrogens (tertiary/aromatic N) is 1. The second kappa shape index (κ2) is 16.1. The summed E-state index contributed by atoms with van der Waals surface area (Å²) in [5.41, 5.74) is 0. The molecule has 4 bridgehead atoms. The van der Waals surface area contributed by atoms with E-state index in [1.54, 1.807) is 19.3 Å². The number of aliphatic hydroxyl groups is 1. The molecule has 5 aliphatic rings. The van der Waals surface area contributed by atoms with Crippen molar-refractivity contribution < 1.29 is 5.11 Å². The van der Waals surface area contributed by atoms with E-state index in [2.05, 4.69) is 22.5 Å². The lowest BCUT2D eigenvalue weighted by atomic mass is 9.75. The van der Waals surface area contributed by atoms with Crippen molar-refractivity contribution in [1.29, 1.82) is 0 Å². The molecule has 3 N–H and O–H groups in total. The van der Waals surface area contributed by atoms with Crippen molar-refractivity contribution in [2.45, 2.75) is 102 Å². The van der Waals surface area contributed by atoms with Gasteiger partial charge in [-0.2, -0.15) is 0 Å². The van der Waals surface area contributed by atoms with Gasteiger partial charge in [0.05, 0.1) is 6.61 Å². The summed E-state index contributed by atoms with van der Waals surface area (Å²) in [5.74, 6) is 7.06. The predicted molar refractivity (Wildman–Crippen MR) is 159 cm³/mol. The van der Waals surface area contributed by atoms with Crippen LogP contribution in [0.1, 0.15) is 90.4 Å². The molecule has 0 amide bonds. The third kappa shape index (κ3) is 8.12. The van der Waals surface area contributed by atoms with E-state index in [1.807, 2.05) is 0 Å². The monoisotopic (exact) mass is 567 g/mol. The van der Waals surface area contributed by atoms with Crippen LogP contribution in [0.3, 0.4) is 0 Å². The molecule has 0 aromatic rings. The maximum atomic E-state index is 9.06. The summed E-state index contributed by atoms with van der Waals surface area (Å²) in [6.07, 6.45) is 19.3. The molecule has 9 atom stereocenters. The van der Waals surface area contributed by atoms with E-state index < -0.39 is 0 Å². The van der Waals surface area contributed by atoms with E-state index in [0.29, 0.717) is 0 Å². The average molecular weight is 569 g/mol. The maximum Gasteiger partial charge on any atom is 0.0555 e. The zero-order valence-corrected chi connectivity index (χ0v) is 25.2. The molecule has 1 saturated heterocycles. The van der Waals surface area contributed by atoms with Gasteiger partial charge in [-0.05, 0) is 119 Å². The van der Waals surface area contributed by atoms with Gasteiger partial charge in [0.15, 0.2) is 0 Å². The summed E-state index contributed by atoms with van der Waals surface area (Å²) in [7, 11) is 0. The molecule has 0 radical (unpaired) electrons. The van der Waals surface area contributed by atoms with Crippen molar-refractivity contribution in [3.63, 3.8) is 0 Å². The Morgan fingerprint density at radius 3 is 2.25 bits per heavy atom. The zero-order chi connectivity index (χ0) is 22.6. The van der Waals surface area contributed by atoms with E-state index in [1.165, 1.54) is 77.3 Å². The zero-order valence-electron chi connectivity index (χ0n) is 22.8. The average Bonchev–Trinajstić information content (AvgIpc) is 3.65. The van der Waals surface area contributed by atoms with Crippen LogP contribution < -0.4 is 10.6 Å². The van der Waals surface area contributed by atoms with Crippen LogP contribution in [0.2, 0.25) is 0 Å².